The summed E-state index contributed by atoms with van der Waals surface area (Å²) in [6.07, 6.45) is 1.59. The molecular formula is C31H32N8O6. The number of rotatable bonds is 8. The molecule has 0 fully saturated rings. The normalized spacial score (nSPS) is 12.6. The largest absolute Gasteiger partial charge is 0.481 e. The topological polar surface area (TPSA) is 242 Å². The number of aliphatic carboxylic acids is 2. The van der Waals surface area contributed by atoms with Crippen LogP contribution >= 0.6 is 0 Å². The van der Waals surface area contributed by atoms with Gasteiger partial charge in [-0.15, -0.1) is 0 Å². The molecule has 45 heavy (non-hydrogen) atoms. The molecule has 10 N–H and O–H groups in total. The van der Waals surface area contributed by atoms with Crippen molar-refractivity contribution in [1.82, 2.24) is 30.8 Å². The third-order valence-electron chi connectivity index (χ3n) is 7.94. The zero-order valence-electron chi connectivity index (χ0n) is 24.8. The van der Waals surface area contributed by atoms with Crippen molar-refractivity contribution in [2.24, 2.45) is 11.7 Å². The van der Waals surface area contributed by atoms with Gasteiger partial charge in [-0.1, -0.05) is 0 Å². The average Bonchev–Trinajstić information content (AvgIpc) is 3.72. The number of nitrogens with two attached hydrogens (primary N) is 2. The van der Waals surface area contributed by atoms with Gasteiger partial charge in [-0.05, 0) is 91.8 Å². The van der Waals surface area contributed by atoms with E-state index < -0.39 is 23.8 Å². The van der Waals surface area contributed by atoms with Crippen LogP contribution in [0.2, 0.25) is 0 Å². The van der Waals surface area contributed by atoms with E-state index in [4.69, 9.17) is 16.7 Å². The van der Waals surface area contributed by atoms with Crippen LogP contribution in [0.3, 0.4) is 0 Å². The molecule has 0 unspecified atom stereocenters. The monoisotopic (exact) mass is 612 g/mol. The van der Waals surface area contributed by atoms with Gasteiger partial charge in [0.2, 0.25) is 0 Å². The van der Waals surface area contributed by atoms with Gasteiger partial charge in [0.1, 0.15) is 0 Å². The minimum atomic E-state index is -0.980. The van der Waals surface area contributed by atoms with Crippen LogP contribution in [0.25, 0.3) is 44.9 Å². The minimum absolute atomic E-state index is 0.0790. The SMILES string of the molecule is CC1=C(CCC(=O)O)c2cc3[nH]c(cc4cc(C)c([nH]4)c(C(=O)NN)c4nc(cc1n2)C(C(=O)NN)=C4)c(C)c3CCC(=O)O. The lowest BCUT2D eigenvalue weighted by atomic mass is 10.00. The van der Waals surface area contributed by atoms with Crippen molar-refractivity contribution in [3.63, 3.8) is 0 Å². The first kappa shape index (κ1) is 30.8. The number of allylic oxidation sites excluding steroid dienone is 2. The molecule has 0 saturated carbocycles. The molecule has 5 heterocycles. The van der Waals surface area contributed by atoms with Crippen LogP contribution < -0.4 is 22.5 Å². The van der Waals surface area contributed by atoms with Crippen molar-refractivity contribution < 1.29 is 29.4 Å². The standard InChI is InChI=1S/C31H32N8O6/c1-13-8-16-9-20-14(2)17(4-6-26(40)41)22(35-20)12-23-18(5-7-27(42)43)15(3)21(36-23)11-24-19(30(44)38-32)10-25(37-24)28(29(13)34-16)31(45)39-33/h8-12,34-35H,4-7,32-33H2,1-3H3,(H,38,44)(H,39,45)(H,40,41)(H,42,43). The van der Waals surface area contributed by atoms with Crippen molar-refractivity contribution in [3.8, 4) is 0 Å². The molecule has 5 rings (SSSR count). The molecule has 14 nitrogen and oxygen atoms in total. The van der Waals surface area contributed by atoms with Gasteiger partial charge in [0, 0.05) is 29.4 Å². The van der Waals surface area contributed by atoms with Crippen LogP contribution in [0.5, 0.6) is 0 Å². The number of carbonyl (C=O) groups excluding carboxylic acids is 2. The van der Waals surface area contributed by atoms with Gasteiger partial charge < -0.3 is 20.2 Å². The molecule has 0 saturated heterocycles. The highest BCUT2D eigenvalue weighted by Gasteiger charge is 2.25. The smallest absolute Gasteiger partial charge is 0.303 e. The molecule has 232 valence electrons. The Morgan fingerprint density at radius 3 is 2.16 bits per heavy atom. The number of carbonyl (C=O) groups is 4. The van der Waals surface area contributed by atoms with Gasteiger partial charge in [-0.2, -0.15) is 0 Å². The van der Waals surface area contributed by atoms with E-state index in [0.29, 0.717) is 50.2 Å². The van der Waals surface area contributed by atoms with Crippen LogP contribution in [-0.4, -0.2) is 53.9 Å². The molecular weight excluding hydrogens is 580 g/mol. The van der Waals surface area contributed by atoms with Crippen LogP contribution in [0.15, 0.2) is 24.3 Å². The van der Waals surface area contributed by atoms with Crippen LogP contribution in [0.1, 0.15) is 76.0 Å². The number of amides is 2. The van der Waals surface area contributed by atoms with E-state index in [-0.39, 0.29) is 48.2 Å². The second kappa shape index (κ2) is 12.2. The van der Waals surface area contributed by atoms with Crippen molar-refractivity contribution >= 4 is 68.6 Å². The third kappa shape index (κ3) is 5.96. The van der Waals surface area contributed by atoms with Gasteiger partial charge in [-0.25, -0.2) is 21.7 Å². The van der Waals surface area contributed by atoms with Crippen molar-refractivity contribution in [1.29, 1.82) is 0 Å². The lowest BCUT2D eigenvalue weighted by Gasteiger charge is -2.03. The number of aryl methyl sites for hydroxylation is 3. The van der Waals surface area contributed by atoms with Crippen LogP contribution in [0, 0.1) is 13.8 Å². The number of aromatic nitrogens is 4. The first-order valence-electron chi connectivity index (χ1n) is 14.0. The summed E-state index contributed by atoms with van der Waals surface area (Å²) >= 11 is 0. The highest BCUT2D eigenvalue weighted by Crippen LogP contribution is 2.35. The summed E-state index contributed by atoms with van der Waals surface area (Å²) in [6.45, 7) is 5.48. The number of hydrogen-bond acceptors (Lipinski definition) is 8. The van der Waals surface area contributed by atoms with Crippen molar-refractivity contribution in [2.45, 2.75) is 46.5 Å². The molecule has 3 aromatic heterocycles. The summed E-state index contributed by atoms with van der Waals surface area (Å²) in [6, 6.07) is 7.03. The van der Waals surface area contributed by atoms with E-state index >= 15 is 0 Å². The van der Waals surface area contributed by atoms with E-state index in [9.17, 15) is 29.4 Å². The zero-order chi connectivity index (χ0) is 32.6. The Kier molecular flexibility index (Phi) is 8.35. The van der Waals surface area contributed by atoms with Crippen molar-refractivity contribution in [3.05, 3.63) is 69.3 Å². The number of aromatic amines is 2. The maximum absolute atomic E-state index is 13.2. The maximum atomic E-state index is 13.2. The summed E-state index contributed by atoms with van der Waals surface area (Å²) in [5.41, 5.74) is 11.7. The molecule has 2 amide bonds. The Morgan fingerprint density at radius 1 is 0.800 bits per heavy atom. The Bertz CT molecular complexity index is 2020. The van der Waals surface area contributed by atoms with E-state index in [0.717, 1.165) is 11.1 Å². The Morgan fingerprint density at radius 2 is 1.49 bits per heavy atom. The molecule has 0 radical (unpaired) electrons. The maximum Gasteiger partial charge on any atom is 0.303 e. The molecule has 8 bridgehead atoms. The molecule has 2 aliphatic heterocycles. The second-order valence-electron chi connectivity index (χ2n) is 10.8. The van der Waals surface area contributed by atoms with Gasteiger partial charge >= 0.3 is 11.9 Å². The Hall–Kier alpha value is -5.60. The predicted octanol–water partition coefficient (Wildman–Crippen LogP) is 2.88. The second-order valence-corrected chi connectivity index (χ2v) is 10.8. The fourth-order valence-electron chi connectivity index (χ4n) is 5.64. The number of nitrogens with zero attached hydrogens (tertiary/aromatic N) is 2. The number of hydrogen-bond donors (Lipinski definition) is 8. The van der Waals surface area contributed by atoms with Gasteiger partial charge in [0.15, 0.2) is 0 Å². The van der Waals surface area contributed by atoms with Gasteiger partial charge in [-0.3, -0.25) is 30.0 Å². The van der Waals surface area contributed by atoms with Gasteiger partial charge in [0.05, 0.1) is 39.4 Å². The zero-order valence-corrected chi connectivity index (χ0v) is 24.8. The first-order chi connectivity index (χ1) is 21.4. The van der Waals surface area contributed by atoms with E-state index in [1.807, 2.05) is 19.1 Å². The highest BCUT2D eigenvalue weighted by molar-refractivity contribution is 6.25. The number of nitrogens with one attached hydrogen (secondary N) is 4. The van der Waals surface area contributed by atoms with Crippen molar-refractivity contribution in [2.75, 3.05) is 0 Å². The van der Waals surface area contributed by atoms with E-state index in [2.05, 4.69) is 25.8 Å². The Balaban J connectivity index is 1.96. The number of H-pyrrole nitrogens is 2. The summed E-state index contributed by atoms with van der Waals surface area (Å²) in [7, 11) is 0. The lowest BCUT2D eigenvalue weighted by molar-refractivity contribution is -0.137. The molecule has 2 aliphatic rings. The predicted molar refractivity (Wildman–Crippen MR) is 168 cm³/mol. The fraction of sp³-hybridized carbons (Fsp3) is 0.226. The molecule has 0 aliphatic carbocycles. The Labute approximate surface area is 256 Å². The fourth-order valence-corrected chi connectivity index (χ4v) is 5.64. The molecule has 0 spiro atoms. The van der Waals surface area contributed by atoms with Crippen LogP contribution in [0.4, 0.5) is 0 Å². The molecule has 0 atom stereocenters. The van der Waals surface area contributed by atoms with Gasteiger partial charge in [0.25, 0.3) is 11.8 Å². The summed E-state index contributed by atoms with van der Waals surface area (Å²) in [5, 5.41) is 18.9. The number of nitrogen functional groups attached to an aromatic ring is 1. The third-order valence-corrected chi connectivity index (χ3v) is 7.94. The molecule has 3 aromatic rings. The lowest BCUT2D eigenvalue weighted by Crippen LogP contribution is -2.31. The highest BCUT2D eigenvalue weighted by atomic mass is 16.4. The number of hydrazine groups is 2. The molecule has 0 aromatic carbocycles. The minimum Gasteiger partial charge on any atom is -0.481 e. The quantitative estimate of drug-likeness (QED) is 0.105. The van der Waals surface area contributed by atoms with E-state index in [1.165, 1.54) is 6.08 Å². The number of carboxylic acid groups (broad SMARTS) is 2. The number of carboxylic acids is 2. The average molecular weight is 613 g/mol. The first-order valence-corrected chi connectivity index (χ1v) is 14.0. The summed E-state index contributed by atoms with van der Waals surface area (Å²) in [4.78, 5) is 65.2. The number of fused-ring (bicyclic) bond motifs is 8. The summed E-state index contributed by atoms with van der Waals surface area (Å²) < 4.78 is 0. The summed E-state index contributed by atoms with van der Waals surface area (Å²) in [5.74, 6) is 7.82. The van der Waals surface area contributed by atoms with E-state index in [1.54, 1.807) is 26.0 Å². The molecule has 14 heteroatoms. The van der Waals surface area contributed by atoms with Crippen LogP contribution in [-0.2, 0) is 20.8 Å².